The smallest absolute Gasteiger partial charge is 0.226 e. The Kier molecular flexibility index (Phi) is 6.82. The number of rotatable bonds is 7. The molecule has 144 valence electrons. The van der Waals surface area contributed by atoms with Crippen LogP contribution < -0.4 is 19.7 Å². The number of carbonyl (C=O) groups is 2. The van der Waals surface area contributed by atoms with Crippen molar-refractivity contribution in [3.8, 4) is 11.5 Å². The van der Waals surface area contributed by atoms with Gasteiger partial charge in [0, 0.05) is 37.3 Å². The number of anilines is 2. The molecule has 0 atom stereocenters. The zero-order valence-corrected chi connectivity index (χ0v) is 16.5. The highest BCUT2D eigenvalue weighted by molar-refractivity contribution is 5.95. The summed E-state index contributed by atoms with van der Waals surface area (Å²) in [4.78, 5) is 25.9. The van der Waals surface area contributed by atoms with Crippen LogP contribution in [0, 0.1) is 13.8 Å². The van der Waals surface area contributed by atoms with E-state index < -0.39 is 0 Å². The van der Waals surface area contributed by atoms with Gasteiger partial charge in [0.15, 0.2) is 11.5 Å². The van der Waals surface area contributed by atoms with Crippen molar-refractivity contribution in [2.24, 2.45) is 0 Å². The van der Waals surface area contributed by atoms with Crippen LogP contribution in [0.25, 0.3) is 0 Å². The summed E-state index contributed by atoms with van der Waals surface area (Å²) in [5.41, 5.74) is 3.58. The molecule has 0 saturated heterocycles. The minimum absolute atomic E-state index is 0.147. The second-order valence-electron chi connectivity index (χ2n) is 6.38. The third-order valence-corrected chi connectivity index (χ3v) is 4.13. The van der Waals surface area contributed by atoms with E-state index in [0.717, 1.165) is 16.8 Å². The second-order valence-corrected chi connectivity index (χ2v) is 6.38. The number of carbonyl (C=O) groups excluding carboxylic acids is 2. The van der Waals surface area contributed by atoms with E-state index in [9.17, 15) is 9.59 Å². The van der Waals surface area contributed by atoms with Crippen molar-refractivity contribution in [3.05, 3.63) is 47.5 Å². The Morgan fingerprint density at radius 3 is 2.15 bits per heavy atom. The van der Waals surface area contributed by atoms with E-state index in [4.69, 9.17) is 9.47 Å². The Morgan fingerprint density at radius 2 is 1.59 bits per heavy atom. The molecule has 0 radical (unpaired) electrons. The first-order valence-electron chi connectivity index (χ1n) is 8.72. The molecule has 2 aromatic rings. The predicted molar refractivity (Wildman–Crippen MR) is 107 cm³/mol. The molecule has 0 saturated carbocycles. The number of benzene rings is 2. The average Bonchev–Trinajstić information content (AvgIpc) is 2.60. The Labute approximate surface area is 160 Å². The van der Waals surface area contributed by atoms with Crippen LogP contribution in [0.5, 0.6) is 11.5 Å². The van der Waals surface area contributed by atoms with Gasteiger partial charge < -0.3 is 19.7 Å². The molecule has 0 fully saturated rings. The lowest BCUT2D eigenvalue weighted by Gasteiger charge is -2.22. The first-order chi connectivity index (χ1) is 12.8. The van der Waals surface area contributed by atoms with Gasteiger partial charge in [-0.15, -0.1) is 0 Å². The second kappa shape index (κ2) is 9.07. The van der Waals surface area contributed by atoms with E-state index in [-0.39, 0.29) is 24.8 Å². The van der Waals surface area contributed by atoms with E-state index in [1.54, 1.807) is 30.2 Å². The zero-order chi connectivity index (χ0) is 20.0. The van der Waals surface area contributed by atoms with Gasteiger partial charge in [0.2, 0.25) is 11.8 Å². The van der Waals surface area contributed by atoms with Crippen LogP contribution in [0.4, 0.5) is 11.4 Å². The van der Waals surface area contributed by atoms with E-state index in [2.05, 4.69) is 5.32 Å². The predicted octanol–water partition coefficient (Wildman–Crippen LogP) is 3.70. The Morgan fingerprint density at radius 1 is 0.963 bits per heavy atom. The SMILES string of the molecule is COc1ccc(N(CCC(=O)Nc2cc(C)cc(C)c2)C(C)=O)cc1OC. The molecule has 2 aromatic carbocycles. The first-order valence-corrected chi connectivity index (χ1v) is 8.72. The van der Waals surface area contributed by atoms with Gasteiger partial charge in [-0.2, -0.15) is 0 Å². The normalized spacial score (nSPS) is 10.3. The Hall–Kier alpha value is -3.02. The molecule has 0 bridgehead atoms. The molecule has 0 spiro atoms. The summed E-state index contributed by atoms with van der Waals surface area (Å²) in [5.74, 6) is 0.811. The van der Waals surface area contributed by atoms with Gasteiger partial charge in [0.05, 0.1) is 14.2 Å². The fraction of sp³-hybridized carbons (Fsp3) is 0.333. The van der Waals surface area contributed by atoms with Crippen LogP contribution in [0.3, 0.4) is 0 Å². The first kappa shape index (κ1) is 20.3. The van der Waals surface area contributed by atoms with E-state index >= 15 is 0 Å². The molecule has 0 aliphatic carbocycles. The molecular formula is C21H26N2O4. The summed E-state index contributed by atoms with van der Waals surface area (Å²) in [7, 11) is 3.09. The van der Waals surface area contributed by atoms with E-state index in [0.29, 0.717) is 17.2 Å². The maximum absolute atomic E-state index is 12.3. The van der Waals surface area contributed by atoms with Crippen molar-refractivity contribution in [2.45, 2.75) is 27.2 Å². The van der Waals surface area contributed by atoms with Crippen molar-refractivity contribution in [3.63, 3.8) is 0 Å². The van der Waals surface area contributed by atoms with Crippen molar-refractivity contribution in [2.75, 3.05) is 31.0 Å². The van der Waals surface area contributed by atoms with Crippen LogP contribution in [0.15, 0.2) is 36.4 Å². The third kappa shape index (κ3) is 5.48. The number of nitrogens with one attached hydrogen (secondary N) is 1. The summed E-state index contributed by atoms with van der Waals surface area (Å²) in [6, 6.07) is 11.1. The van der Waals surface area contributed by atoms with Gasteiger partial charge in [-0.25, -0.2) is 0 Å². The summed E-state index contributed by atoms with van der Waals surface area (Å²) in [6.07, 6.45) is 0.181. The molecular weight excluding hydrogens is 344 g/mol. The topological polar surface area (TPSA) is 67.9 Å². The average molecular weight is 370 g/mol. The number of nitrogens with zero attached hydrogens (tertiary/aromatic N) is 1. The van der Waals surface area contributed by atoms with Crippen molar-refractivity contribution >= 4 is 23.2 Å². The largest absolute Gasteiger partial charge is 0.493 e. The summed E-state index contributed by atoms with van der Waals surface area (Å²) < 4.78 is 10.5. The molecule has 0 aromatic heterocycles. The number of aryl methyl sites for hydroxylation is 2. The molecule has 27 heavy (non-hydrogen) atoms. The highest BCUT2D eigenvalue weighted by Gasteiger charge is 2.16. The number of hydrogen-bond donors (Lipinski definition) is 1. The lowest BCUT2D eigenvalue weighted by Crippen LogP contribution is -2.32. The molecule has 6 heteroatoms. The number of amides is 2. The van der Waals surface area contributed by atoms with E-state index in [1.165, 1.54) is 14.0 Å². The van der Waals surface area contributed by atoms with Crippen LogP contribution in [-0.2, 0) is 9.59 Å². The quantitative estimate of drug-likeness (QED) is 0.807. The van der Waals surface area contributed by atoms with Crippen LogP contribution >= 0.6 is 0 Å². The number of ether oxygens (including phenoxy) is 2. The Bertz CT molecular complexity index is 813. The molecule has 0 aliphatic heterocycles. The minimum atomic E-state index is -0.151. The highest BCUT2D eigenvalue weighted by atomic mass is 16.5. The molecule has 0 aliphatic rings. The summed E-state index contributed by atoms with van der Waals surface area (Å²) in [5, 5.41) is 2.89. The van der Waals surface area contributed by atoms with Crippen LogP contribution in [0.1, 0.15) is 24.5 Å². The fourth-order valence-corrected chi connectivity index (χ4v) is 2.94. The third-order valence-electron chi connectivity index (χ3n) is 4.13. The van der Waals surface area contributed by atoms with Gasteiger partial charge in [0.25, 0.3) is 0 Å². The van der Waals surface area contributed by atoms with Crippen molar-refractivity contribution in [1.82, 2.24) is 0 Å². The monoisotopic (exact) mass is 370 g/mol. The fourth-order valence-electron chi connectivity index (χ4n) is 2.94. The molecule has 0 heterocycles. The Balaban J connectivity index is 2.08. The lowest BCUT2D eigenvalue weighted by molar-refractivity contribution is -0.117. The highest BCUT2D eigenvalue weighted by Crippen LogP contribution is 2.31. The standard InChI is InChI=1S/C21H26N2O4/c1-14-10-15(2)12-17(11-14)22-21(25)8-9-23(16(3)24)18-6-7-19(26-4)20(13-18)27-5/h6-7,10-13H,8-9H2,1-5H3,(H,22,25). The van der Waals surface area contributed by atoms with Gasteiger partial charge in [0.1, 0.15) is 0 Å². The maximum Gasteiger partial charge on any atom is 0.226 e. The summed E-state index contributed by atoms with van der Waals surface area (Å²) >= 11 is 0. The molecule has 2 amide bonds. The van der Waals surface area contributed by atoms with Gasteiger partial charge in [-0.05, 0) is 49.2 Å². The van der Waals surface area contributed by atoms with Crippen LogP contribution in [0.2, 0.25) is 0 Å². The molecule has 2 rings (SSSR count). The maximum atomic E-state index is 12.3. The van der Waals surface area contributed by atoms with Crippen LogP contribution in [-0.4, -0.2) is 32.6 Å². The minimum Gasteiger partial charge on any atom is -0.493 e. The van der Waals surface area contributed by atoms with Crippen molar-refractivity contribution < 1.29 is 19.1 Å². The number of hydrogen-bond acceptors (Lipinski definition) is 4. The van der Waals surface area contributed by atoms with Gasteiger partial charge in [-0.3, -0.25) is 9.59 Å². The number of methoxy groups -OCH3 is 2. The molecule has 1 N–H and O–H groups in total. The summed E-state index contributed by atoms with van der Waals surface area (Å²) in [6.45, 7) is 5.70. The zero-order valence-electron chi connectivity index (χ0n) is 16.5. The van der Waals surface area contributed by atoms with Gasteiger partial charge in [-0.1, -0.05) is 6.07 Å². The molecule has 0 unspecified atom stereocenters. The van der Waals surface area contributed by atoms with Crippen molar-refractivity contribution in [1.29, 1.82) is 0 Å². The van der Waals surface area contributed by atoms with Gasteiger partial charge >= 0.3 is 0 Å². The lowest BCUT2D eigenvalue weighted by atomic mass is 10.1. The molecule has 6 nitrogen and oxygen atoms in total. The van der Waals surface area contributed by atoms with E-state index in [1.807, 2.05) is 32.0 Å².